The molecule has 1 saturated heterocycles. The second-order valence-corrected chi connectivity index (χ2v) is 6.51. The van der Waals surface area contributed by atoms with Crippen molar-refractivity contribution < 1.29 is 9.53 Å². The van der Waals surface area contributed by atoms with Gasteiger partial charge in [-0.05, 0) is 39.3 Å². The molecule has 1 amide bonds. The normalized spacial score (nSPS) is 17.7. The number of carbonyl (C=O) groups excluding carboxylic acids is 1. The van der Waals surface area contributed by atoms with E-state index in [-0.39, 0.29) is 12.0 Å². The molecule has 1 aliphatic heterocycles. The zero-order valence-corrected chi connectivity index (χ0v) is 15.1. The van der Waals surface area contributed by atoms with Crippen molar-refractivity contribution in [1.29, 1.82) is 0 Å². The third kappa shape index (κ3) is 4.42. The Morgan fingerprint density at radius 1 is 1.32 bits per heavy atom. The van der Waals surface area contributed by atoms with Crippen LogP contribution in [0.25, 0.3) is 0 Å². The Balaban J connectivity index is 1.52. The minimum atomic E-state index is -0.242. The van der Waals surface area contributed by atoms with Gasteiger partial charge in [0.15, 0.2) is 5.82 Å². The second kappa shape index (κ2) is 7.74. The van der Waals surface area contributed by atoms with Crippen molar-refractivity contribution in [2.24, 2.45) is 0 Å². The number of morpholine rings is 1. The monoisotopic (exact) mass is 343 g/mol. The molecule has 1 fully saturated rings. The average molecular weight is 343 g/mol. The van der Waals surface area contributed by atoms with E-state index in [2.05, 4.69) is 21.1 Å². The lowest BCUT2D eigenvalue weighted by molar-refractivity contribution is -0.139. The Morgan fingerprint density at radius 3 is 2.88 bits per heavy atom. The third-order valence-corrected chi connectivity index (χ3v) is 4.38. The first-order chi connectivity index (χ1) is 12.0. The average Bonchev–Trinajstić information content (AvgIpc) is 2.92. The molecule has 0 bridgehead atoms. The van der Waals surface area contributed by atoms with E-state index in [0.717, 1.165) is 30.0 Å². The summed E-state index contributed by atoms with van der Waals surface area (Å²) in [5, 5.41) is 4.43. The highest BCUT2D eigenvalue weighted by molar-refractivity contribution is 5.76. The number of aromatic nitrogens is 4. The summed E-state index contributed by atoms with van der Waals surface area (Å²) < 4.78 is 7.72. The van der Waals surface area contributed by atoms with Gasteiger partial charge < -0.3 is 9.64 Å². The molecule has 0 spiro atoms. The van der Waals surface area contributed by atoms with Gasteiger partial charge in [0.05, 0.1) is 18.8 Å². The molecule has 25 heavy (non-hydrogen) atoms. The fourth-order valence-corrected chi connectivity index (χ4v) is 3.09. The van der Waals surface area contributed by atoms with E-state index >= 15 is 0 Å². The summed E-state index contributed by atoms with van der Waals surface area (Å²) in [5.74, 6) is 0.808. The first-order valence-electron chi connectivity index (χ1n) is 8.73. The van der Waals surface area contributed by atoms with Gasteiger partial charge in [-0.1, -0.05) is 0 Å². The van der Waals surface area contributed by atoms with Crippen molar-refractivity contribution in [3.63, 3.8) is 0 Å². The summed E-state index contributed by atoms with van der Waals surface area (Å²) in [6, 6.07) is 3.91. The summed E-state index contributed by atoms with van der Waals surface area (Å²) in [4.78, 5) is 23.1. The first-order valence-corrected chi connectivity index (χ1v) is 8.73. The molecule has 0 aliphatic carbocycles. The highest BCUT2D eigenvalue weighted by atomic mass is 16.5. The van der Waals surface area contributed by atoms with E-state index < -0.39 is 0 Å². The van der Waals surface area contributed by atoms with Gasteiger partial charge in [0.25, 0.3) is 0 Å². The quantitative estimate of drug-likeness (QED) is 0.830. The topological polar surface area (TPSA) is 73.1 Å². The van der Waals surface area contributed by atoms with E-state index in [1.165, 1.54) is 0 Å². The molecule has 3 heterocycles. The fraction of sp³-hybridized carbons (Fsp3) is 0.556. The van der Waals surface area contributed by atoms with E-state index in [9.17, 15) is 4.79 Å². The van der Waals surface area contributed by atoms with Gasteiger partial charge in [0.1, 0.15) is 6.10 Å². The minimum Gasteiger partial charge on any atom is -0.367 e. The molecule has 134 valence electrons. The fourth-order valence-electron chi connectivity index (χ4n) is 3.09. The van der Waals surface area contributed by atoms with Crippen LogP contribution in [0.4, 0.5) is 0 Å². The maximum absolute atomic E-state index is 12.5. The van der Waals surface area contributed by atoms with Crippen molar-refractivity contribution in [3.05, 3.63) is 41.2 Å². The Hall–Kier alpha value is -2.28. The SMILES string of the molecule is Cc1ccnc([C@H]2CN(C(=O)CCCn3nc(C)cc3C)CCO2)n1. The molecule has 0 unspecified atom stereocenters. The van der Waals surface area contributed by atoms with E-state index in [1.54, 1.807) is 6.20 Å². The van der Waals surface area contributed by atoms with Crippen molar-refractivity contribution in [2.75, 3.05) is 19.7 Å². The number of amides is 1. The molecule has 2 aromatic heterocycles. The summed E-state index contributed by atoms with van der Waals surface area (Å²) >= 11 is 0. The maximum Gasteiger partial charge on any atom is 0.222 e. The predicted molar refractivity (Wildman–Crippen MR) is 93.0 cm³/mol. The first kappa shape index (κ1) is 17.5. The van der Waals surface area contributed by atoms with Gasteiger partial charge in [-0.2, -0.15) is 5.10 Å². The number of hydrogen-bond acceptors (Lipinski definition) is 5. The van der Waals surface area contributed by atoms with Crippen LogP contribution < -0.4 is 0 Å². The zero-order chi connectivity index (χ0) is 17.8. The van der Waals surface area contributed by atoms with E-state index in [4.69, 9.17) is 4.74 Å². The number of hydrogen-bond donors (Lipinski definition) is 0. The number of nitrogens with zero attached hydrogens (tertiary/aromatic N) is 5. The Bertz CT molecular complexity index is 743. The maximum atomic E-state index is 12.5. The van der Waals surface area contributed by atoms with Gasteiger partial charge in [-0.3, -0.25) is 9.48 Å². The van der Waals surface area contributed by atoms with E-state index in [1.807, 2.05) is 36.4 Å². The third-order valence-electron chi connectivity index (χ3n) is 4.38. The summed E-state index contributed by atoms with van der Waals surface area (Å²) in [6.07, 6.45) is 2.79. The van der Waals surface area contributed by atoms with Crippen LogP contribution in [0.15, 0.2) is 18.3 Å². The van der Waals surface area contributed by atoms with Crippen LogP contribution in [0.3, 0.4) is 0 Å². The van der Waals surface area contributed by atoms with Crippen LogP contribution in [0.1, 0.15) is 41.9 Å². The van der Waals surface area contributed by atoms with Crippen molar-refractivity contribution in [2.45, 2.75) is 46.3 Å². The summed E-state index contributed by atoms with van der Waals surface area (Å²) in [7, 11) is 0. The number of carbonyl (C=O) groups is 1. The van der Waals surface area contributed by atoms with Gasteiger partial charge in [0.2, 0.25) is 5.91 Å². The largest absolute Gasteiger partial charge is 0.367 e. The van der Waals surface area contributed by atoms with Crippen molar-refractivity contribution >= 4 is 5.91 Å². The molecular weight excluding hydrogens is 318 g/mol. The van der Waals surface area contributed by atoms with Gasteiger partial charge in [-0.25, -0.2) is 9.97 Å². The molecule has 0 N–H and O–H groups in total. The molecule has 1 aliphatic rings. The number of ether oxygens (including phenoxy) is 1. The highest BCUT2D eigenvalue weighted by Crippen LogP contribution is 2.20. The summed E-state index contributed by atoms with van der Waals surface area (Å²) in [5.41, 5.74) is 3.05. The molecule has 3 rings (SSSR count). The van der Waals surface area contributed by atoms with Crippen LogP contribution in [0.5, 0.6) is 0 Å². The molecule has 0 aromatic carbocycles. The molecule has 1 atom stereocenters. The van der Waals surface area contributed by atoms with Crippen molar-refractivity contribution in [1.82, 2.24) is 24.6 Å². The van der Waals surface area contributed by atoms with E-state index in [0.29, 0.717) is 31.9 Å². The summed E-state index contributed by atoms with van der Waals surface area (Å²) in [6.45, 7) is 8.37. The van der Waals surface area contributed by atoms with Gasteiger partial charge in [0, 0.05) is 37.1 Å². The molecule has 0 radical (unpaired) electrons. The van der Waals surface area contributed by atoms with Crippen LogP contribution in [0.2, 0.25) is 0 Å². The zero-order valence-electron chi connectivity index (χ0n) is 15.1. The van der Waals surface area contributed by atoms with Crippen LogP contribution in [-0.2, 0) is 16.1 Å². The molecular formula is C18H25N5O2. The predicted octanol–water partition coefficient (Wildman–Crippen LogP) is 1.98. The molecule has 7 nitrogen and oxygen atoms in total. The smallest absolute Gasteiger partial charge is 0.222 e. The lowest BCUT2D eigenvalue weighted by atomic mass is 10.2. The standard InChI is InChI=1S/C18H25N5O2/c1-13-6-7-19-18(20-13)16-12-22(9-10-25-16)17(24)5-4-8-23-15(3)11-14(2)21-23/h6-7,11,16H,4-5,8-10,12H2,1-3H3/t16-/m1/s1. The number of aryl methyl sites for hydroxylation is 4. The molecule has 2 aromatic rings. The van der Waals surface area contributed by atoms with Gasteiger partial charge in [-0.15, -0.1) is 0 Å². The molecule has 0 saturated carbocycles. The van der Waals surface area contributed by atoms with Crippen LogP contribution >= 0.6 is 0 Å². The van der Waals surface area contributed by atoms with Gasteiger partial charge >= 0.3 is 0 Å². The Kier molecular flexibility index (Phi) is 5.43. The highest BCUT2D eigenvalue weighted by Gasteiger charge is 2.26. The lowest BCUT2D eigenvalue weighted by Crippen LogP contribution is -2.42. The Labute approximate surface area is 148 Å². The molecule has 7 heteroatoms. The number of rotatable bonds is 5. The van der Waals surface area contributed by atoms with Crippen LogP contribution in [0, 0.1) is 20.8 Å². The minimum absolute atomic E-state index is 0.155. The van der Waals surface area contributed by atoms with Crippen molar-refractivity contribution in [3.8, 4) is 0 Å². The second-order valence-electron chi connectivity index (χ2n) is 6.51. The van der Waals surface area contributed by atoms with Crippen LogP contribution in [-0.4, -0.2) is 50.3 Å². The Morgan fingerprint density at radius 2 is 2.16 bits per heavy atom. The lowest BCUT2D eigenvalue weighted by Gasteiger charge is -2.32.